The van der Waals surface area contributed by atoms with Crippen molar-refractivity contribution in [1.29, 1.82) is 0 Å². The van der Waals surface area contributed by atoms with E-state index in [-0.39, 0.29) is 6.61 Å². The summed E-state index contributed by atoms with van der Waals surface area (Å²) >= 11 is 0. The van der Waals surface area contributed by atoms with Crippen LogP contribution in [0.15, 0.2) is 0 Å². The minimum Gasteiger partial charge on any atom is -0.418 e. The Hall–Kier alpha value is 0.0969. The Morgan fingerprint density at radius 1 is 1.40 bits per heavy atom. The number of hydrogen-bond donors (Lipinski definition) is 1. The molecule has 0 saturated carbocycles. The van der Waals surface area contributed by atoms with Gasteiger partial charge in [0.25, 0.3) is 0 Å². The highest BCUT2D eigenvalue weighted by Crippen LogP contribution is 2.01. The highest BCUT2D eigenvalue weighted by Gasteiger charge is 2.20. The van der Waals surface area contributed by atoms with Crippen LogP contribution in [0.1, 0.15) is 0 Å². The maximum atomic E-state index is 8.39. The van der Waals surface area contributed by atoms with Crippen LogP contribution in [0.3, 0.4) is 0 Å². The van der Waals surface area contributed by atoms with Crippen molar-refractivity contribution in [3.8, 4) is 0 Å². The zero-order valence-electron chi connectivity index (χ0n) is 6.89. The van der Waals surface area contributed by atoms with Crippen molar-refractivity contribution in [1.82, 2.24) is 0 Å². The first-order valence-electron chi connectivity index (χ1n) is 3.36. The summed E-state index contributed by atoms with van der Waals surface area (Å²) < 4.78 is 10.3. The minimum absolute atomic E-state index is 0.0915. The molecule has 3 nitrogen and oxygen atoms in total. The molecule has 0 rings (SSSR count). The molecule has 0 spiro atoms. The Morgan fingerprint density at radius 2 is 2.00 bits per heavy atom. The van der Waals surface area contributed by atoms with Crippen LogP contribution < -0.4 is 0 Å². The summed E-state index contributed by atoms with van der Waals surface area (Å²) in [5.74, 6) is 0. The smallest absolute Gasteiger partial charge is 0.211 e. The molecule has 10 heavy (non-hydrogen) atoms. The molecular weight excluding hydrogens is 148 g/mol. The molecule has 0 aromatic heterocycles. The van der Waals surface area contributed by atoms with Gasteiger partial charge in [0, 0.05) is 7.11 Å². The van der Waals surface area contributed by atoms with Crippen molar-refractivity contribution in [2.24, 2.45) is 0 Å². The van der Waals surface area contributed by atoms with E-state index in [4.69, 9.17) is 14.3 Å². The van der Waals surface area contributed by atoms with E-state index >= 15 is 0 Å². The average Bonchev–Trinajstić information content (AvgIpc) is 1.89. The normalized spacial score (nSPS) is 12.0. The summed E-state index contributed by atoms with van der Waals surface area (Å²) in [6.45, 7) is 4.66. The Bertz CT molecular complexity index is 85.1. The van der Waals surface area contributed by atoms with Crippen LogP contribution in [0.25, 0.3) is 0 Å². The molecule has 62 valence electrons. The van der Waals surface area contributed by atoms with Crippen molar-refractivity contribution in [2.75, 3.05) is 26.6 Å². The van der Waals surface area contributed by atoms with Crippen LogP contribution in [0.2, 0.25) is 13.1 Å². The second-order valence-corrected chi connectivity index (χ2v) is 6.96. The molecule has 0 aromatic carbocycles. The molecule has 0 aromatic rings. The van der Waals surface area contributed by atoms with E-state index in [1.807, 2.05) is 0 Å². The van der Waals surface area contributed by atoms with Crippen molar-refractivity contribution in [3.05, 3.63) is 0 Å². The van der Waals surface area contributed by atoms with Crippen molar-refractivity contribution < 1.29 is 14.3 Å². The molecule has 1 N–H and O–H groups in total. The van der Waals surface area contributed by atoms with Crippen LogP contribution in [-0.4, -0.2) is 40.0 Å². The predicted octanol–water partition coefficient (Wildman–Crippen LogP) is 0.386. The Labute approximate surface area is 63.1 Å². The Morgan fingerprint density at radius 3 is 2.40 bits per heavy atom. The van der Waals surface area contributed by atoms with Gasteiger partial charge in [0.15, 0.2) is 0 Å². The quantitative estimate of drug-likeness (QED) is 0.472. The minimum atomic E-state index is -1.55. The summed E-state index contributed by atoms with van der Waals surface area (Å²) in [5, 5.41) is 8.39. The number of ether oxygens (including phenoxy) is 1. The molecular formula is C6H16O3Si. The van der Waals surface area contributed by atoms with Gasteiger partial charge in [0.1, 0.15) is 0 Å². The first kappa shape index (κ1) is 10.1. The van der Waals surface area contributed by atoms with Crippen LogP contribution >= 0.6 is 0 Å². The lowest BCUT2D eigenvalue weighted by Crippen LogP contribution is -2.35. The third-order valence-corrected chi connectivity index (χ3v) is 3.24. The predicted molar refractivity (Wildman–Crippen MR) is 42.4 cm³/mol. The lowest BCUT2D eigenvalue weighted by Gasteiger charge is -2.18. The van der Waals surface area contributed by atoms with Gasteiger partial charge in [-0.1, -0.05) is 0 Å². The van der Waals surface area contributed by atoms with Crippen molar-refractivity contribution >= 4 is 8.32 Å². The first-order valence-corrected chi connectivity index (χ1v) is 6.47. The van der Waals surface area contributed by atoms with Crippen LogP contribution in [0.4, 0.5) is 0 Å². The molecule has 0 radical (unpaired) electrons. The van der Waals surface area contributed by atoms with Gasteiger partial charge in [-0.05, 0) is 13.1 Å². The maximum absolute atomic E-state index is 8.39. The van der Waals surface area contributed by atoms with E-state index in [0.717, 1.165) is 0 Å². The molecule has 0 unspecified atom stereocenters. The lowest BCUT2D eigenvalue weighted by molar-refractivity contribution is 0.111. The molecule has 4 heteroatoms. The SMILES string of the molecule is CO[Si](C)(C)COCCO. The van der Waals surface area contributed by atoms with Crippen molar-refractivity contribution in [3.63, 3.8) is 0 Å². The molecule has 0 amide bonds. The number of aliphatic hydroxyl groups is 1. The van der Waals surface area contributed by atoms with E-state index in [1.54, 1.807) is 7.11 Å². The Balaban J connectivity index is 3.28. The number of rotatable bonds is 5. The molecule has 0 aliphatic carbocycles. The van der Waals surface area contributed by atoms with Gasteiger partial charge < -0.3 is 14.3 Å². The van der Waals surface area contributed by atoms with E-state index < -0.39 is 8.32 Å². The monoisotopic (exact) mass is 164 g/mol. The number of aliphatic hydroxyl groups excluding tert-OH is 1. The van der Waals surface area contributed by atoms with Gasteiger partial charge >= 0.3 is 0 Å². The molecule has 0 saturated heterocycles. The second-order valence-electron chi connectivity index (χ2n) is 2.74. The molecule has 0 aliphatic heterocycles. The largest absolute Gasteiger partial charge is 0.418 e. The fourth-order valence-electron chi connectivity index (χ4n) is 0.441. The van der Waals surface area contributed by atoms with Gasteiger partial charge in [-0.3, -0.25) is 0 Å². The topological polar surface area (TPSA) is 38.7 Å². The molecule has 0 heterocycles. The van der Waals surface area contributed by atoms with E-state index in [1.165, 1.54) is 0 Å². The van der Waals surface area contributed by atoms with Crippen LogP contribution in [0.5, 0.6) is 0 Å². The van der Waals surface area contributed by atoms with E-state index in [2.05, 4.69) is 13.1 Å². The average molecular weight is 164 g/mol. The second kappa shape index (κ2) is 4.84. The molecule has 0 atom stereocenters. The molecule has 0 aliphatic rings. The lowest BCUT2D eigenvalue weighted by atomic mass is 10.8. The van der Waals surface area contributed by atoms with Gasteiger partial charge in [0.2, 0.25) is 8.32 Å². The van der Waals surface area contributed by atoms with E-state index in [9.17, 15) is 0 Å². The Kier molecular flexibility index (Phi) is 4.89. The third-order valence-electron chi connectivity index (χ3n) is 1.24. The van der Waals surface area contributed by atoms with Gasteiger partial charge in [-0.2, -0.15) is 0 Å². The summed E-state index contributed by atoms with van der Waals surface area (Å²) in [6, 6.07) is 0. The highest BCUT2D eigenvalue weighted by atomic mass is 28.4. The fraction of sp³-hybridized carbons (Fsp3) is 1.00. The highest BCUT2D eigenvalue weighted by molar-refractivity contribution is 6.71. The summed E-state index contributed by atoms with van der Waals surface area (Å²) in [6.07, 6.45) is 0.657. The summed E-state index contributed by atoms with van der Waals surface area (Å²) in [7, 11) is 0.155. The fourth-order valence-corrected chi connectivity index (χ4v) is 1.20. The van der Waals surface area contributed by atoms with E-state index in [0.29, 0.717) is 12.8 Å². The van der Waals surface area contributed by atoms with Crippen molar-refractivity contribution in [2.45, 2.75) is 13.1 Å². The number of hydrogen-bond acceptors (Lipinski definition) is 3. The van der Waals surface area contributed by atoms with Gasteiger partial charge in [-0.25, -0.2) is 0 Å². The van der Waals surface area contributed by atoms with Gasteiger partial charge in [-0.15, -0.1) is 0 Å². The van der Waals surface area contributed by atoms with Gasteiger partial charge in [0.05, 0.1) is 19.4 Å². The summed E-state index contributed by atoms with van der Waals surface area (Å²) in [4.78, 5) is 0. The standard InChI is InChI=1S/C6H16O3Si/c1-8-10(2,3)6-9-5-4-7/h7H,4-6H2,1-3H3. The molecule has 0 fully saturated rings. The zero-order valence-corrected chi connectivity index (χ0v) is 7.89. The maximum Gasteiger partial charge on any atom is 0.211 e. The first-order chi connectivity index (χ1) is 4.62. The third kappa shape index (κ3) is 4.93. The molecule has 0 bridgehead atoms. The van der Waals surface area contributed by atoms with Crippen LogP contribution in [0, 0.1) is 0 Å². The van der Waals surface area contributed by atoms with Crippen LogP contribution in [-0.2, 0) is 9.16 Å². The summed E-state index contributed by atoms with van der Waals surface area (Å²) in [5.41, 5.74) is 0. The zero-order chi connectivity index (χ0) is 8.04.